The Hall–Kier alpha value is -0.910. The number of thioether (sulfide) groups is 1. The van der Waals surface area contributed by atoms with Gasteiger partial charge in [-0.25, -0.2) is 4.79 Å². The van der Waals surface area contributed by atoms with E-state index in [9.17, 15) is 9.59 Å². The lowest BCUT2D eigenvalue weighted by Gasteiger charge is -2.36. The van der Waals surface area contributed by atoms with Crippen molar-refractivity contribution < 1.29 is 14.7 Å². The normalized spacial score (nSPS) is 25.0. The number of hydrogen-bond donors (Lipinski definition) is 2. The van der Waals surface area contributed by atoms with Gasteiger partial charge in [0, 0.05) is 24.1 Å². The maximum Gasteiger partial charge on any atom is 0.317 e. The highest BCUT2D eigenvalue weighted by Crippen LogP contribution is 2.21. The largest absolute Gasteiger partial charge is 0.481 e. The van der Waals surface area contributed by atoms with Crippen LogP contribution in [0.1, 0.15) is 51.4 Å². The lowest BCUT2D eigenvalue weighted by atomic mass is 9.97. The van der Waals surface area contributed by atoms with Crippen molar-refractivity contribution in [1.82, 2.24) is 10.2 Å². The third-order valence-corrected chi connectivity index (χ3v) is 5.42. The first-order valence-corrected chi connectivity index (χ1v) is 9.19. The Labute approximate surface area is 130 Å². The second kappa shape index (κ2) is 8.51. The van der Waals surface area contributed by atoms with E-state index >= 15 is 0 Å². The Kier molecular flexibility index (Phi) is 6.67. The molecule has 5 nitrogen and oxygen atoms in total. The van der Waals surface area contributed by atoms with Crippen LogP contribution in [0.4, 0.5) is 4.79 Å². The minimum Gasteiger partial charge on any atom is -0.481 e. The van der Waals surface area contributed by atoms with Gasteiger partial charge in [-0.05, 0) is 12.8 Å². The number of carbonyl (C=O) groups excluding carboxylic acids is 1. The van der Waals surface area contributed by atoms with Gasteiger partial charge >= 0.3 is 12.0 Å². The predicted octanol–water partition coefficient (Wildman–Crippen LogP) is 2.70. The van der Waals surface area contributed by atoms with Crippen molar-refractivity contribution in [2.75, 3.05) is 18.1 Å². The number of urea groups is 1. The van der Waals surface area contributed by atoms with E-state index in [1.807, 2.05) is 0 Å². The first-order valence-electron chi connectivity index (χ1n) is 8.03. The number of rotatable bonds is 3. The molecule has 1 atom stereocenters. The first kappa shape index (κ1) is 16.5. The van der Waals surface area contributed by atoms with Crippen LogP contribution in [-0.2, 0) is 4.79 Å². The van der Waals surface area contributed by atoms with Gasteiger partial charge in [0.1, 0.15) is 0 Å². The maximum atomic E-state index is 12.5. The lowest BCUT2D eigenvalue weighted by molar-refractivity contribution is -0.138. The smallest absolute Gasteiger partial charge is 0.317 e. The first-order chi connectivity index (χ1) is 10.2. The third kappa shape index (κ3) is 5.41. The van der Waals surface area contributed by atoms with E-state index < -0.39 is 5.97 Å². The molecule has 0 aromatic rings. The summed E-state index contributed by atoms with van der Waals surface area (Å²) in [6.07, 6.45) is 8.34. The zero-order chi connectivity index (χ0) is 15.1. The number of carboxylic acid groups (broad SMARTS) is 1. The fourth-order valence-electron chi connectivity index (χ4n) is 3.15. The number of aliphatic carboxylic acids is 1. The van der Waals surface area contributed by atoms with E-state index in [2.05, 4.69) is 5.32 Å². The van der Waals surface area contributed by atoms with Crippen molar-refractivity contribution in [3.63, 3.8) is 0 Å². The minimum absolute atomic E-state index is 0.0467. The molecule has 1 aliphatic carbocycles. The van der Waals surface area contributed by atoms with Crippen molar-refractivity contribution in [3.8, 4) is 0 Å². The lowest BCUT2D eigenvalue weighted by Crippen LogP contribution is -2.53. The minimum atomic E-state index is -0.828. The van der Waals surface area contributed by atoms with Gasteiger partial charge < -0.3 is 15.3 Å². The van der Waals surface area contributed by atoms with E-state index in [-0.39, 0.29) is 24.5 Å². The van der Waals surface area contributed by atoms with E-state index in [0.717, 1.165) is 24.3 Å². The molecule has 0 radical (unpaired) electrons. The molecule has 1 aliphatic heterocycles. The Morgan fingerprint density at radius 1 is 1.14 bits per heavy atom. The number of nitrogens with zero attached hydrogens (tertiary/aromatic N) is 1. The monoisotopic (exact) mass is 314 g/mol. The quantitative estimate of drug-likeness (QED) is 0.840. The average Bonchev–Trinajstić information content (AvgIpc) is 2.41. The summed E-state index contributed by atoms with van der Waals surface area (Å²) in [5.41, 5.74) is 0. The van der Waals surface area contributed by atoms with Crippen LogP contribution in [0.3, 0.4) is 0 Å². The summed E-state index contributed by atoms with van der Waals surface area (Å²) in [6.45, 7) is 0.654. The molecule has 21 heavy (non-hydrogen) atoms. The van der Waals surface area contributed by atoms with Crippen molar-refractivity contribution >= 4 is 23.8 Å². The highest BCUT2D eigenvalue weighted by atomic mass is 32.2. The number of hydrogen-bond acceptors (Lipinski definition) is 3. The van der Waals surface area contributed by atoms with Crippen LogP contribution < -0.4 is 5.32 Å². The van der Waals surface area contributed by atoms with Crippen molar-refractivity contribution in [2.24, 2.45) is 0 Å². The molecule has 2 aliphatic rings. The number of carboxylic acids is 1. The molecule has 2 fully saturated rings. The molecule has 1 saturated heterocycles. The van der Waals surface area contributed by atoms with E-state index in [0.29, 0.717) is 6.54 Å². The molecule has 2 rings (SSSR count). The van der Waals surface area contributed by atoms with Crippen LogP contribution in [-0.4, -0.2) is 52.1 Å². The second-order valence-corrected chi connectivity index (χ2v) is 7.16. The molecule has 2 N–H and O–H groups in total. The average molecular weight is 314 g/mol. The van der Waals surface area contributed by atoms with Crippen molar-refractivity contribution in [2.45, 2.75) is 63.5 Å². The molecule has 0 aromatic heterocycles. The molecule has 6 heteroatoms. The summed E-state index contributed by atoms with van der Waals surface area (Å²) >= 11 is 1.73. The Bertz CT molecular complexity index is 357. The van der Waals surface area contributed by atoms with Crippen molar-refractivity contribution in [1.29, 1.82) is 0 Å². The van der Waals surface area contributed by atoms with Crippen LogP contribution in [0.15, 0.2) is 0 Å². The fraction of sp³-hybridized carbons (Fsp3) is 0.867. The number of nitrogens with one attached hydrogen (secondary N) is 1. The molecule has 1 unspecified atom stereocenters. The molecular formula is C15H26N2O3S. The predicted molar refractivity (Wildman–Crippen MR) is 84.7 cm³/mol. The van der Waals surface area contributed by atoms with Crippen LogP contribution >= 0.6 is 11.8 Å². The van der Waals surface area contributed by atoms with Gasteiger partial charge in [0.2, 0.25) is 0 Å². The SMILES string of the molecule is O=C(O)CC1CSCCN1C(=O)NC1CCCCCCC1. The second-order valence-electron chi connectivity index (χ2n) is 6.01. The van der Waals surface area contributed by atoms with Gasteiger partial charge in [-0.1, -0.05) is 32.1 Å². The molecule has 1 heterocycles. The summed E-state index contributed by atoms with van der Waals surface area (Å²) < 4.78 is 0. The zero-order valence-electron chi connectivity index (χ0n) is 12.6. The Morgan fingerprint density at radius 3 is 2.48 bits per heavy atom. The van der Waals surface area contributed by atoms with Gasteiger partial charge in [-0.3, -0.25) is 4.79 Å². The topological polar surface area (TPSA) is 69.6 Å². The number of carbonyl (C=O) groups is 2. The maximum absolute atomic E-state index is 12.5. The molecule has 2 amide bonds. The highest BCUT2D eigenvalue weighted by Gasteiger charge is 2.29. The summed E-state index contributed by atoms with van der Waals surface area (Å²) in [6, 6.07) is 0.0276. The summed E-state index contributed by atoms with van der Waals surface area (Å²) in [5.74, 6) is 0.796. The summed E-state index contributed by atoms with van der Waals surface area (Å²) in [4.78, 5) is 25.2. The highest BCUT2D eigenvalue weighted by molar-refractivity contribution is 7.99. The molecular weight excluding hydrogens is 288 g/mol. The van der Waals surface area contributed by atoms with Crippen LogP contribution in [0.25, 0.3) is 0 Å². The Morgan fingerprint density at radius 2 is 1.81 bits per heavy atom. The van der Waals surface area contributed by atoms with Gasteiger partial charge in [0.25, 0.3) is 0 Å². The van der Waals surface area contributed by atoms with E-state index in [4.69, 9.17) is 5.11 Å². The standard InChI is InChI=1S/C15H26N2O3S/c18-14(19)10-13-11-21-9-8-17(13)15(20)16-12-6-4-2-1-3-5-7-12/h12-13H,1-11H2,(H,16,20)(H,18,19). The van der Waals surface area contributed by atoms with Gasteiger partial charge in [-0.15, -0.1) is 0 Å². The molecule has 0 spiro atoms. The molecule has 0 bridgehead atoms. The van der Waals surface area contributed by atoms with E-state index in [1.165, 1.54) is 32.1 Å². The zero-order valence-corrected chi connectivity index (χ0v) is 13.4. The molecule has 120 valence electrons. The van der Waals surface area contributed by atoms with Gasteiger partial charge in [0.05, 0.1) is 12.5 Å². The van der Waals surface area contributed by atoms with Crippen LogP contribution in [0, 0.1) is 0 Å². The number of amides is 2. The van der Waals surface area contributed by atoms with Crippen LogP contribution in [0.5, 0.6) is 0 Å². The molecule has 0 aromatic carbocycles. The van der Waals surface area contributed by atoms with E-state index in [1.54, 1.807) is 16.7 Å². The Balaban J connectivity index is 1.88. The van der Waals surface area contributed by atoms with Crippen molar-refractivity contribution in [3.05, 3.63) is 0 Å². The van der Waals surface area contributed by atoms with Gasteiger partial charge in [-0.2, -0.15) is 11.8 Å². The summed E-state index contributed by atoms with van der Waals surface area (Å²) in [5, 5.41) is 12.1. The van der Waals surface area contributed by atoms with Gasteiger partial charge in [0.15, 0.2) is 0 Å². The fourth-order valence-corrected chi connectivity index (χ4v) is 4.21. The summed E-state index contributed by atoms with van der Waals surface area (Å²) in [7, 11) is 0. The van der Waals surface area contributed by atoms with Crippen LogP contribution in [0.2, 0.25) is 0 Å². The third-order valence-electron chi connectivity index (χ3n) is 4.33. The molecule has 1 saturated carbocycles.